The summed E-state index contributed by atoms with van der Waals surface area (Å²) in [6.45, 7) is 10.3. The fraction of sp³-hybridized carbons (Fsp3) is 0.459. The minimum Gasteiger partial charge on any atom is -0.370 e. The second kappa shape index (κ2) is 13.1. The predicted molar refractivity (Wildman–Crippen MR) is 187 cm³/mol. The van der Waals surface area contributed by atoms with Gasteiger partial charge in [-0.25, -0.2) is 9.65 Å². The van der Waals surface area contributed by atoms with Crippen molar-refractivity contribution in [2.75, 3.05) is 36.0 Å². The first-order valence-electron chi connectivity index (χ1n) is 17.1. The van der Waals surface area contributed by atoms with E-state index < -0.39 is 0 Å². The molecule has 0 spiro atoms. The summed E-state index contributed by atoms with van der Waals surface area (Å²) in [6.07, 6.45) is 10.8. The van der Waals surface area contributed by atoms with Crippen LogP contribution in [0.5, 0.6) is 0 Å². The predicted octanol–water partition coefficient (Wildman–Crippen LogP) is 6.32. The highest BCUT2D eigenvalue weighted by Gasteiger charge is 2.33. The van der Waals surface area contributed by atoms with Gasteiger partial charge in [-0.3, -0.25) is 19.7 Å². The number of anilines is 2. The molecule has 3 aromatic heterocycles. The highest BCUT2D eigenvalue weighted by Crippen LogP contribution is 2.39. The number of aryl methyl sites for hydroxylation is 2. The summed E-state index contributed by atoms with van der Waals surface area (Å²) in [6, 6.07) is 12.3. The Morgan fingerprint density at radius 3 is 2.60 bits per heavy atom. The van der Waals surface area contributed by atoms with Crippen LogP contribution in [0.3, 0.4) is 0 Å². The average molecular weight is 632 g/mol. The van der Waals surface area contributed by atoms with Gasteiger partial charge in [0.15, 0.2) is 5.43 Å². The van der Waals surface area contributed by atoms with E-state index in [1.807, 2.05) is 32.3 Å². The van der Waals surface area contributed by atoms with Crippen LogP contribution in [-0.2, 0) is 13.1 Å². The van der Waals surface area contributed by atoms with E-state index >= 15 is 4.39 Å². The molecule has 47 heavy (non-hydrogen) atoms. The van der Waals surface area contributed by atoms with Gasteiger partial charge in [-0.15, -0.1) is 0 Å². The molecule has 0 radical (unpaired) electrons. The third-order valence-corrected chi connectivity index (χ3v) is 10.4. The van der Waals surface area contributed by atoms with Crippen molar-refractivity contribution in [2.24, 2.45) is 0 Å². The molecule has 8 nitrogen and oxygen atoms in total. The number of nitriles is 1. The van der Waals surface area contributed by atoms with Crippen LogP contribution < -0.4 is 15.2 Å². The first-order valence-corrected chi connectivity index (χ1v) is 17.1. The molecular formula is C37H43BFN7O. The van der Waals surface area contributed by atoms with Crippen molar-refractivity contribution in [2.45, 2.75) is 83.8 Å². The minimum atomic E-state index is -0.365. The molecule has 10 heteroatoms. The van der Waals surface area contributed by atoms with E-state index in [9.17, 15) is 10.1 Å². The van der Waals surface area contributed by atoms with Crippen LogP contribution in [0, 0.1) is 30.9 Å². The minimum absolute atomic E-state index is 0.00854. The van der Waals surface area contributed by atoms with Gasteiger partial charge >= 0.3 is 0 Å². The number of benzene rings is 1. The number of piperidine rings is 1. The van der Waals surface area contributed by atoms with E-state index in [2.05, 4.69) is 72.6 Å². The Kier molecular flexibility index (Phi) is 8.76. The van der Waals surface area contributed by atoms with E-state index in [0.717, 1.165) is 67.7 Å². The zero-order valence-electron chi connectivity index (χ0n) is 27.7. The Hall–Kier alpha value is -4.23. The summed E-state index contributed by atoms with van der Waals surface area (Å²) < 4.78 is 18.1. The Bertz CT molecular complexity index is 1870. The second-order valence-corrected chi connectivity index (χ2v) is 14.0. The molecule has 242 valence electrons. The van der Waals surface area contributed by atoms with Crippen LogP contribution in [0.25, 0.3) is 10.9 Å². The Morgan fingerprint density at radius 1 is 1.02 bits per heavy atom. The third kappa shape index (κ3) is 6.64. The maximum atomic E-state index is 15.9. The lowest BCUT2D eigenvalue weighted by Crippen LogP contribution is -2.48. The fourth-order valence-electron chi connectivity index (χ4n) is 7.59. The second-order valence-electron chi connectivity index (χ2n) is 14.0. The van der Waals surface area contributed by atoms with Crippen LogP contribution >= 0.6 is 0 Å². The first kappa shape index (κ1) is 31.4. The molecule has 2 atom stereocenters. The zero-order valence-corrected chi connectivity index (χ0v) is 27.7. The van der Waals surface area contributed by atoms with Crippen LogP contribution in [-0.4, -0.2) is 58.4 Å². The molecule has 3 aliphatic rings. The van der Waals surface area contributed by atoms with Gasteiger partial charge in [-0.1, -0.05) is 6.92 Å². The number of rotatable bonds is 8. The molecule has 4 aromatic rings. The third-order valence-electron chi connectivity index (χ3n) is 10.4. The van der Waals surface area contributed by atoms with Gasteiger partial charge in [0.05, 0.1) is 23.1 Å². The lowest BCUT2D eigenvalue weighted by Gasteiger charge is -2.40. The van der Waals surface area contributed by atoms with Gasteiger partial charge in [-0.05, 0) is 93.6 Å². The Morgan fingerprint density at radius 2 is 1.87 bits per heavy atom. The monoisotopic (exact) mass is 631 g/mol. The van der Waals surface area contributed by atoms with Crippen molar-refractivity contribution >= 4 is 29.0 Å². The van der Waals surface area contributed by atoms with E-state index in [4.69, 9.17) is 0 Å². The molecule has 3 fully saturated rings. The van der Waals surface area contributed by atoms with Gasteiger partial charge in [0.25, 0.3) is 6.71 Å². The van der Waals surface area contributed by atoms with Crippen LogP contribution in [0.4, 0.5) is 15.8 Å². The topological polar surface area (TPSA) is 81.3 Å². The van der Waals surface area contributed by atoms with Crippen LogP contribution in [0.1, 0.15) is 61.2 Å². The molecule has 2 saturated heterocycles. The van der Waals surface area contributed by atoms with Crippen molar-refractivity contribution in [3.8, 4) is 5.97 Å². The Labute approximate surface area is 276 Å². The number of hydrogen-bond donors (Lipinski definition) is 0. The highest BCUT2D eigenvalue weighted by molar-refractivity contribution is 6.68. The lowest BCUT2D eigenvalue weighted by atomic mass is 9.39. The first-order chi connectivity index (χ1) is 22.8. The molecule has 1 aliphatic carbocycles. The molecule has 1 saturated carbocycles. The van der Waals surface area contributed by atoms with Gasteiger partial charge in [0, 0.05) is 92.1 Å². The summed E-state index contributed by atoms with van der Waals surface area (Å²) in [7, 11) is 0. The normalized spacial score (nSPS) is 20.2. The van der Waals surface area contributed by atoms with Crippen molar-refractivity contribution in [1.82, 2.24) is 19.4 Å². The van der Waals surface area contributed by atoms with Crippen LogP contribution in [0.15, 0.2) is 59.8 Å². The van der Waals surface area contributed by atoms with E-state index in [1.54, 1.807) is 0 Å². The number of pyridine rings is 3. The molecule has 1 aromatic carbocycles. The summed E-state index contributed by atoms with van der Waals surface area (Å²) >= 11 is 0. The van der Waals surface area contributed by atoms with Gasteiger partial charge < -0.3 is 14.4 Å². The molecule has 0 N–H and O–H groups in total. The Balaban J connectivity index is 1.24. The fourth-order valence-corrected chi connectivity index (χ4v) is 7.59. The molecule has 0 amide bonds. The van der Waals surface area contributed by atoms with Crippen molar-refractivity contribution in [3.05, 3.63) is 93.5 Å². The lowest BCUT2D eigenvalue weighted by molar-refractivity contribution is 0.158. The maximum absolute atomic E-state index is 15.9. The number of aromatic nitrogens is 3. The summed E-state index contributed by atoms with van der Waals surface area (Å²) in [4.78, 5) is 30.1. The van der Waals surface area contributed by atoms with Gasteiger partial charge in [0.2, 0.25) is 0 Å². The van der Waals surface area contributed by atoms with E-state index in [1.165, 1.54) is 11.6 Å². The number of fused-ring (bicyclic) bond motifs is 1. The smallest absolute Gasteiger partial charge is 0.274 e. The summed E-state index contributed by atoms with van der Waals surface area (Å²) in [5.74, 6) is 2.20. The zero-order chi connectivity index (χ0) is 32.7. The SMILES string of the molecule is Cc1ccc(N2CCC[C@H](N(Cc3ccnc(C)c3)Cc3cn(C4CC4)c4cc(N5CCB(C#N)[C@H](C)C5)c(F)cc4c3=O)C2)cn1. The number of halogens is 1. The van der Waals surface area contributed by atoms with Gasteiger partial charge in [-0.2, -0.15) is 0 Å². The summed E-state index contributed by atoms with van der Waals surface area (Å²) in [5.41, 5.74) is 6.22. The molecule has 0 bridgehead atoms. The van der Waals surface area contributed by atoms with Crippen molar-refractivity contribution in [3.63, 3.8) is 0 Å². The molecule has 5 heterocycles. The number of nitrogens with zero attached hydrogens (tertiary/aromatic N) is 7. The van der Waals surface area contributed by atoms with Crippen LogP contribution in [0.2, 0.25) is 12.1 Å². The number of hydrogen-bond acceptors (Lipinski definition) is 7. The van der Waals surface area contributed by atoms with Crippen molar-refractivity contribution < 1.29 is 4.39 Å². The highest BCUT2D eigenvalue weighted by atomic mass is 19.1. The van der Waals surface area contributed by atoms with Crippen molar-refractivity contribution in [1.29, 1.82) is 5.26 Å². The summed E-state index contributed by atoms with van der Waals surface area (Å²) in [5, 5.41) is 9.95. The van der Waals surface area contributed by atoms with Gasteiger partial charge in [0.1, 0.15) is 5.82 Å². The molecular weight excluding hydrogens is 588 g/mol. The quantitative estimate of drug-likeness (QED) is 0.211. The molecule has 7 rings (SSSR count). The van der Waals surface area contributed by atoms with E-state index in [-0.39, 0.29) is 29.8 Å². The molecule has 2 aliphatic heterocycles. The average Bonchev–Trinajstić information content (AvgIpc) is 3.92. The van der Waals surface area contributed by atoms with E-state index in [0.29, 0.717) is 48.9 Å². The molecule has 0 unspecified atom stereocenters. The maximum Gasteiger partial charge on any atom is 0.274 e. The standard InChI is InChI=1S/C37H43BFN7O/c1-25-19-44(14-11-38(25)24-40)36-17-35-33(16-34(36)39)37(47)29(22-46(35)30-8-9-30)21-45(20-28-10-12-41-27(3)15-28)32-5-4-13-43(23-32)31-7-6-26(2)42-18-31/h6-7,10,12,15-18,22,25,30,32H,4-5,8-9,11,13-14,19-21,23H2,1-3H3/t25-,32+/m1/s1. The largest absolute Gasteiger partial charge is 0.370 e.